The van der Waals surface area contributed by atoms with Gasteiger partial charge in [-0.2, -0.15) is 0 Å². The molecular weight excluding hydrogens is 322 g/mol. The normalized spacial score (nSPS) is 17.3. The highest BCUT2D eigenvalue weighted by molar-refractivity contribution is 7.16. The number of ether oxygens (including phenoxy) is 2. The van der Waals surface area contributed by atoms with Crippen molar-refractivity contribution in [2.75, 3.05) is 14.2 Å². The maximum Gasteiger partial charge on any atom is 0.203 e. The molecular formula is C16H13ClNO3S. The van der Waals surface area contributed by atoms with Crippen molar-refractivity contribution in [3.05, 3.63) is 50.7 Å². The summed E-state index contributed by atoms with van der Waals surface area (Å²) in [7, 11) is 3.08. The second kappa shape index (κ2) is 5.74. The number of hydrogen-bond donors (Lipinski definition) is 0. The van der Waals surface area contributed by atoms with Gasteiger partial charge in [0.05, 0.1) is 35.4 Å². The molecule has 1 aliphatic carbocycles. The number of carbonyl (C=O) groups excluding carboxylic acids is 1. The first kappa shape index (κ1) is 15.1. The van der Waals surface area contributed by atoms with Crippen molar-refractivity contribution in [3.63, 3.8) is 0 Å². The lowest BCUT2D eigenvalue weighted by atomic mass is 9.92. The molecule has 2 heterocycles. The first-order valence-electron chi connectivity index (χ1n) is 6.59. The van der Waals surface area contributed by atoms with E-state index < -0.39 is 0 Å². The van der Waals surface area contributed by atoms with Crippen LogP contribution in [-0.2, 0) is 4.74 Å². The maximum atomic E-state index is 12.8. The highest BCUT2D eigenvalue weighted by Gasteiger charge is 2.32. The second-order valence-electron chi connectivity index (χ2n) is 4.80. The van der Waals surface area contributed by atoms with E-state index in [9.17, 15) is 4.79 Å². The van der Waals surface area contributed by atoms with E-state index in [-0.39, 0.29) is 5.78 Å². The lowest BCUT2D eigenvalue weighted by Gasteiger charge is -2.19. The molecule has 2 aliphatic rings. The molecule has 0 bridgehead atoms. The van der Waals surface area contributed by atoms with E-state index in [0.29, 0.717) is 32.7 Å². The molecule has 0 N–H and O–H groups in total. The lowest BCUT2D eigenvalue weighted by molar-refractivity contribution is 0.102. The zero-order valence-corrected chi connectivity index (χ0v) is 13.9. The Kier molecular flexibility index (Phi) is 3.93. The molecule has 0 unspecified atom stereocenters. The Labute approximate surface area is 137 Å². The minimum atomic E-state index is -0.116. The van der Waals surface area contributed by atoms with E-state index in [0.717, 1.165) is 17.0 Å². The van der Waals surface area contributed by atoms with Crippen LogP contribution in [0.15, 0.2) is 44.8 Å². The Balaban J connectivity index is 2.04. The Hall–Kier alpha value is -1.85. The van der Waals surface area contributed by atoms with Crippen LogP contribution in [0.3, 0.4) is 0 Å². The van der Waals surface area contributed by atoms with Gasteiger partial charge < -0.3 is 9.47 Å². The molecule has 1 aromatic heterocycles. The summed E-state index contributed by atoms with van der Waals surface area (Å²) in [5, 5.41) is 1.07. The summed E-state index contributed by atoms with van der Waals surface area (Å²) in [5.74, 6) is 0.282. The number of rotatable bonds is 4. The summed E-state index contributed by atoms with van der Waals surface area (Å²) in [6.45, 7) is 1.85. The van der Waals surface area contributed by atoms with E-state index in [1.54, 1.807) is 19.2 Å². The van der Waals surface area contributed by atoms with Gasteiger partial charge in [0.15, 0.2) is 5.06 Å². The SMILES string of the molecule is COC1=C(C(=O)c2ccc(OC)s2)CC2=NC(C)=[C]C2=C1Cl. The monoisotopic (exact) mass is 334 g/mol. The number of nitrogens with zero attached hydrogens (tertiary/aromatic N) is 1. The van der Waals surface area contributed by atoms with Crippen LogP contribution in [0.2, 0.25) is 0 Å². The second-order valence-corrected chi connectivity index (χ2v) is 6.22. The Morgan fingerprint density at radius 3 is 2.77 bits per heavy atom. The summed E-state index contributed by atoms with van der Waals surface area (Å²) >= 11 is 7.67. The number of fused-ring (bicyclic) bond motifs is 1. The topological polar surface area (TPSA) is 47.9 Å². The summed E-state index contributed by atoms with van der Waals surface area (Å²) < 4.78 is 10.5. The van der Waals surface area contributed by atoms with Crippen LogP contribution in [0.25, 0.3) is 0 Å². The van der Waals surface area contributed by atoms with Crippen molar-refractivity contribution in [2.24, 2.45) is 4.99 Å². The van der Waals surface area contributed by atoms with Crippen LogP contribution < -0.4 is 4.74 Å². The zero-order chi connectivity index (χ0) is 15.9. The van der Waals surface area contributed by atoms with Crippen LogP contribution in [0.4, 0.5) is 0 Å². The van der Waals surface area contributed by atoms with Crippen LogP contribution >= 0.6 is 22.9 Å². The highest BCUT2D eigenvalue weighted by Crippen LogP contribution is 2.38. The van der Waals surface area contributed by atoms with Crippen LogP contribution in [-0.4, -0.2) is 25.7 Å². The highest BCUT2D eigenvalue weighted by atomic mass is 35.5. The number of allylic oxidation sites excluding steroid dienone is 5. The Morgan fingerprint density at radius 2 is 2.14 bits per heavy atom. The number of ketones is 1. The van der Waals surface area contributed by atoms with Crippen LogP contribution in [0, 0.1) is 6.08 Å². The van der Waals surface area contributed by atoms with Gasteiger partial charge in [0.2, 0.25) is 5.78 Å². The van der Waals surface area contributed by atoms with E-state index >= 15 is 0 Å². The lowest BCUT2D eigenvalue weighted by Crippen LogP contribution is -2.17. The molecule has 0 saturated heterocycles. The van der Waals surface area contributed by atoms with Gasteiger partial charge in [-0.3, -0.25) is 9.79 Å². The summed E-state index contributed by atoms with van der Waals surface area (Å²) in [5.41, 5.74) is 2.74. The predicted octanol–water partition coefficient (Wildman–Crippen LogP) is 3.90. The molecule has 22 heavy (non-hydrogen) atoms. The number of aliphatic imine (C=N–C) groups is 1. The summed E-state index contributed by atoms with van der Waals surface area (Å²) in [6.07, 6.45) is 3.49. The number of halogens is 1. The van der Waals surface area contributed by atoms with Crippen molar-refractivity contribution in [1.82, 2.24) is 0 Å². The molecule has 6 heteroatoms. The molecule has 1 aromatic rings. The molecule has 3 rings (SSSR count). The predicted molar refractivity (Wildman–Crippen MR) is 86.6 cm³/mol. The van der Waals surface area contributed by atoms with Gasteiger partial charge in [-0.05, 0) is 19.1 Å². The average Bonchev–Trinajstić information content (AvgIpc) is 3.12. The quantitative estimate of drug-likeness (QED) is 0.785. The fourth-order valence-corrected chi connectivity index (χ4v) is 3.58. The van der Waals surface area contributed by atoms with Crippen LogP contribution in [0.5, 0.6) is 5.06 Å². The molecule has 0 amide bonds. The average molecular weight is 335 g/mol. The molecule has 0 fully saturated rings. The zero-order valence-electron chi connectivity index (χ0n) is 12.3. The molecule has 113 valence electrons. The van der Waals surface area contributed by atoms with Crippen molar-refractivity contribution < 1.29 is 14.3 Å². The van der Waals surface area contributed by atoms with Crippen molar-refractivity contribution >= 4 is 34.4 Å². The van der Waals surface area contributed by atoms with E-state index in [1.807, 2.05) is 6.92 Å². The van der Waals surface area contributed by atoms with Gasteiger partial charge in [0.1, 0.15) is 5.76 Å². The molecule has 4 nitrogen and oxygen atoms in total. The van der Waals surface area contributed by atoms with Gasteiger partial charge in [0.25, 0.3) is 0 Å². The van der Waals surface area contributed by atoms with E-state index in [2.05, 4.69) is 11.1 Å². The Morgan fingerprint density at radius 1 is 1.36 bits per heavy atom. The van der Waals surface area contributed by atoms with Gasteiger partial charge in [-0.15, -0.1) is 0 Å². The molecule has 1 aliphatic heterocycles. The van der Waals surface area contributed by atoms with Gasteiger partial charge >= 0.3 is 0 Å². The summed E-state index contributed by atoms with van der Waals surface area (Å²) in [6, 6.07) is 3.51. The number of methoxy groups -OCH3 is 2. The number of thiophene rings is 1. The third-order valence-electron chi connectivity index (χ3n) is 3.42. The minimum absolute atomic E-state index is 0.116. The number of carbonyl (C=O) groups is 1. The Bertz CT molecular complexity index is 783. The van der Waals surface area contributed by atoms with Crippen molar-refractivity contribution in [1.29, 1.82) is 0 Å². The molecule has 0 aromatic carbocycles. The number of hydrogen-bond acceptors (Lipinski definition) is 5. The number of Topliss-reactive ketones (excluding diaryl/α,β-unsaturated/α-hetero) is 1. The fourth-order valence-electron chi connectivity index (χ4n) is 2.44. The maximum absolute atomic E-state index is 12.8. The smallest absolute Gasteiger partial charge is 0.203 e. The standard InChI is InChI=1S/C16H13ClNO3S/c1-8-6-9-11(18-8)7-10(16(21-3)14(9)17)15(19)12-4-5-13(20-2)22-12/h4-5H,7H2,1-3H3. The largest absolute Gasteiger partial charge is 0.495 e. The third-order valence-corrected chi connectivity index (χ3v) is 4.82. The molecule has 0 saturated carbocycles. The summed E-state index contributed by atoms with van der Waals surface area (Å²) in [4.78, 5) is 17.7. The van der Waals surface area contributed by atoms with Crippen LogP contribution in [0.1, 0.15) is 23.0 Å². The molecule has 0 spiro atoms. The van der Waals surface area contributed by atoms with Gasteiger partial charge in [-0.25, -0.2) is 0 Å². The van der Waals surface area contributed by atoms with Gasteiger partial charge in [0, 0.05) is 23.8 Å². The first-order valence-corrected chi connectivity index (χ1v) is 7.79. The van der Waals surface area contributed by atoms with Gasteiger partial charge in [-0.1, -0.05) is 22.9 Å². The first-order chi connectivity index (χ1) is 10.5. The molecule has 1 radical (unpaired) electrons. The third kappa shape index (κ3) is 2.40. The van der Waals surface area contributed by atoms with E-state index in [4.69, 9.17) is 21.1 Å². The van der Waals surface area contributed by atoms with E-state index in [1.165, 1.54) is 18.4 Å². The molecule has 0 atom stereocenters. The van der Waals surface area contributed by atoms with Crippen molar-refractivity contribution in [3.8, 4) is 5.06 Å². The fraction of sp³-hybridized carbons (Fsp3) is 0.250. The van der Waals surface area contributed by atoms with Crippen molar-refractivity contribution in [2.45, 2.75) is 13.3 Å². The minimum Gasteiger partial charge on any atom is -0.495 e.